The summed E-state index contributed by atoms with van der Waals surface area (Å²) in [5.41, 5.74) is 2.36. The molecule has 0 saturated carbocycles. The van der Waals surface area contributed by atoms with Gasteiger partial charge in [-0.3, -0.25) is 4.79 Å². The summed E-state index contributed by atoms with van der Waals surface area (Å²) in [5.74, 6) is 2.30. The van der Waals surface area contributed by atoms with E-state index >= 15 is 0 Å². The first-order valence-corrected chi connectivity index (χ1v) is 10.0. The summed E-state index contributed by atoms with van der Waals surface area (Å²) in [6, 6.07) is 13.4. The van der Waals surface area contributed by atoms with E-state index in [0.717, 1.165) is 31.4 Å². The van der Waals surface area contributed by atoms with Crippen molar-refractivity contribution in [2.45, 2.75) is 32.2 Å². The summed E-state index contributed by atoms with van der Waals surface area (Å²) < 4.78 is 16.1. The van der Waals surface area contributed by atoms with Crippen LogP contribution in [0.4, 0.5) is 0 Å². The molecule has 1 amide bonds. The average Bonchev–Trinajstić information content (AvgIpc) is 3.42. The van der Waals surface area contributed by atoms with Crippen LogP contribution in [0.5, 0.6) is 11.5 Å². The van der Waals surface area contributed by atoms with Gasteiger partial charge >= 0.3 is 0 Å². The summed E-state index contributed by atoms with van der Waals surface area (Å²) >= 11 is 0. The highest BCUT2D eigenvalue weighted by Crippen LogP contribution is 2.31. The van der Waals surface area contributed by atoms with Gasteiger partial charge in [-0.1, -0.05) is 23.4 Å². The first-order chi connectivity index (χ1) is 14.6. The van der Waals surface area contributed by atoms with Gasteiger partial charge in [-0.05, 0) is 56.0 Å². The molecule has 3 aromatic rings. The van der Waals surface area contributed by atoms with Gasteiger partial charge in [-0.25, -0.2) is 0 Å². The summed E-state index contributed by atoms with van der Waals surface area (Å²) in [6.45, 7) is 2.49. The number of aromatic nitrogens is 2. The molecule has 156 valence electrons. The largest absolute Gasteiger partial charge is 0.493 e. The molecule has 1 aliphatic heterocycles. The van der Waals surface area contributed by atoms with Crippen molar-refractivity contribution in [3.8, 4) is 23.0 Å². The number of ether oxygens (including phenoxy) is 2. The molecular formula is C23H25N3O4. The fraction of sp³-hybridized carbons (Fsp3) is 0.348. The Morgan fingerprint density at radius 1 is 1.17 bits per heavy atom. The van der Waals surface area contributed by atoms with Crippen LogP contribution in [0.2, 0.25) is 0 Å². The van der Waals surface area contributed by atoms with E-state index in [0.29, 0.717) is 34.3 Å². The third-order valence-corrected chi connectivity index (χ3v) is 5.47. The molecule has 4 rings (SSSR count). The molecule has 7 nitrogen and oxygen atoms in total. The number of amides is 1. The van der Waals surface area contributed by atoms with Crippen molar-refractivity contribution in [3.63, 3.8) is 0 Å². The highest BCUT2D eigenvalue weighted by atomic mass is 16.5. The molecule has 0 unspecified atom stereocenters. The summed E-state index contributed by atoms with van der Waals surface area (Å²) in [4.78, 5) is 19.7. The number of nitrogens with zero attached hydrogens (tertiary/aromatic N) is 3. The lowest BCUT2D eigenvalue weighted by atomic mass is 10.0. The third kappa shape index (κ3) is 3.87. The quantitative estimate of drug-likeness (QED) is 0.617. The molecule has 0 spiro atoms. The van der Waals surface area contributed by atoms with Gasteiger partial charge in [0.1, 0.15) is 0 Å². The van der Waals surface area contributed by atoms with Gasteiger partial charge < -0.3 is 18.9 Å². The van der Waals surface area contributed by atoms with Crippen LogP contribution in [0.15, 0.2) is 47.0 Å². The van der Waals surface area contributed by atoms with Crippen molar-refractivity contribution in [1.82, 2.24) is 15.0 Å². The maximum Gasteiger partial charge on any atom is 0.258 e. The Morgan fingerprint density at radius 2 is 1.97 bits per heavy atom. The van der Waals surface area contributed by atoms with Gasteiger partial charge in [-0.15, -0.1) is 0 Å². The Morgan fingerprint density at radius 3 is 2.70 bits per heavy atom. The van der Waals surface area contributed by atoms with E-state index in [2.05, 4.69) is 10.1 Å². The molecule has 30 heavy (non-hydrogen) atoms. The first-order valence-electron chi connectivity index (χ1n) is 10.0. The second kappa shape index (κ2) is 8.57. The smallest absolute Gasteiger partial charge is 0.258 e. The maximum atomic E-state index is 13.5. The fourth-order valence-corrected chi connectivity index (χ4v) is 4.01. The Bertz CT molecular complexity index is 1050. The minimum absolute atomic E-state index is 0.00979. The first kappa shape index (κ1) is 19.9. The molecule has 1 aromatic heterocycles. The van der Waals surface area contributed by atoms with E-state index in [1.54, 1.807) is 21.1 Å². The van der Waals surface area contributed by atoms with E-state index < -0.39 is 0 Å². The molecule has 7 heteroatoms. The number of likely N-dealkylation sites (tertiary alicyclic amines) is 1. The zero-order chi connectivity index (χ0) is 21.1. The SMILES string of the molecule is COc1ccc(C[C@@H]2CCCN2C(=O)c2ccccc2-c2nc(C)no2)cc1OC. The summed E-state index contributed by atoms with van der Waals surface area (Å²) in [7, 11) is 3.25. The number of rotatable bonds is 6. The number of hydrogen-bond acceptors (Lipinski definition) is 6. The van der Waals surface area contributed by atoms with Crippen LogP contribution < -0.4 is 9.47 Å². The highest BCUT2D eigenvalue weighted by Gasteiger charge is 2.31. The number of methoxy groups -OCH3 is 2. The van der Waals surface area contributed by atoms with Crippen LogP contribution in [0.25, 0.3) is 11.5 Å². The van der Waals surface area contributed by atoms with Crippen LogP contribution in [-0.4, -0.2) is 47.8 Å². The van der Waals surface area contributed by atoms with E-state index in [9.17, 15) is 4.79 Å². The van der Waals surface area contributed by atoms with Crippen LogP contribution in [0.1, 0.15) is 34.6 Å². The lowest BCUT2D eigenvalue weighted by molar-refractivity contribution is 0.0737. The van der Waals surface area contributed by atoms with Crippen LogP contribution in [0, 0.1) is 6.92 Å². The Hall–Kier alpha value is -3.35. The van der Waals surface area contributed by atoms with Gasteiger partial charge in [-0.2, -0.15) is 4.98 Å². The molecular weight excluding hydrogens is 382 g/mol. The van der Waals surface area contributed by atoms with Gasteiger partial charge in [0, 0.05) is 12.6 Å². The molecule has 0 radical (unpaired) electrons. The predicted octanol–water partition coefficient (Wildman–Crippen LogP) is 3.91. The number of hydrogen-bond donors (Lipinski definition) is 0. The van der Waals surface area contributed by atoms with E-state index in [1.807, 2.05) is 47.4 Å². The average molecular weight is 407 g/mol. The summed E-state index contributed by atoms with van der Waals surface area (Å²) in [6.07, 6.45) is 2.70. The zero-order valence-corrected chi connectivity index (χ0v) is 17.4. The molecule has 1 atom stereocenters. The van der Waals surface area contributed by atoms with Gasteiger partial charge in [0.25, 0.3) is 11.8 Å². The molecule has 1 fully saturated rings. The molecule has 1 saturated heterocycles. The molecule has 0 bridgehead atoms. The second-order valence-electron chi connectivity index (χ2n) is 7.38. The topological polar surface area (TPSA) is 77.7 Å². The number of carbonyl (C=O) groups excluding carboxylic acids is 1. The van der Waals surface area contributed by atoms with E-state index in [-0.39, 0.29) is 11.9 Å². The Kier molecular flexibility index (Phi) is 5.70. The molecule has 2 aromatic carbocycles. The van der Waals surface area contributed by atoms with Gasteiger partial charge in [0.2, 0.25) is 0 Å². The number of benzene rings is 2. The Labute approximate surface area is 175 Å². The van der Waals surface area contributed by atoms with Crippen molar-refractivity contribution < 1.29 is 18.8 Å². The highest BCUT2D eigenvalue weighted by molar-refractivity contribution is 6.00. The zero-order valence-electron chi connectivity index (χ0n) is 17.4. The van der Waals surface area contributed by atoms with Crippen molar-refractivity contribution >= 4 is 5.91 Å². The number of aryl methyl sites for hydroxylation is 1. The maximum absolute atomic E-state index is 13.5. The van der Waals surface area contributed by atoms with Gasteiger partial charge in [0.15, 0.2) is 17.3 Å². The minimum atomic E-state index is -0.00979. The number of carbonyl (C=O) groups is 1. The lowest BCUT2D eigenvalue weighted by Crippen LogP contribution is -2.37. The molecule has 0 N–H and O–H groups in total. The summed E-state index contributed by atoms with van der Waals surface area (Å²) in [5, 5.41) is 3.86. The molecule has 2 heterocycles. The van der Waals surface area contributed by atoms with Crippen molar-refractivity contribution in [3.05, 3.63) is 59.4 Å². The molecule has 0 aliphatic carbocycles. The van der Waals surface area contributed by atoms with Gasteiger partial charge in [0.05, 0.1) is 25.3 Å². The second-order valence-corrected chi connectivity index (χ2v) is 7.38. The van der Waals surface area contributed by atoms with Crippen molar-refractivity contribution in [1.29, 1.82) is 0 Å². The minimum Gasteiger partial charge on any atom is -0.493 e. The van der Waals surface area contributed by atoms with E-state index in [4.69, 9.17) is 14.0 Å². The normalized spacial score (nSPS) is 16.0. The lowest BCUT2D eigenvalue weighted by Gasteiger charge is -2.26. The van der Waals surface area contributed by atoms with Crippen molar-refractivity contribution in [2.75, 3.05) is 20.8 Å². The van der Waals surface area contributed by atoms with Crippen molar-refractivity contribution in [2.24, 2.45) is 0 Å². The monoisotopic (exact) mass is 407 g/mol. The van der Waals surface area contributed by atoms with Crippen LogP contribution in [0.3, 0.4) is 0 Å². The predicted molar refractivity (Wildman–Crippen MR) is 112 cm³/mol. The standard InChI is InChI=1S/C23H25N3O4/c1-15-24-22(30-25-15)18-8-4-5-9-19(18)23(27)26-12-6-7-17(26)13-16-10-11-20(28-2)21(14-16)29-3/h4-5,8-11,14,17H,6-7,12-13H2,1-3H3/t17-/m0/s1. The fourth-order valence-electron chi connectivity index (χ4n) is 4.01. The van der Waals surface area contributed by atoms with Crippen LogP contribution in [-0.2, 0) is 6.42 Å². The Balaban J connectivity index is 1.58. The molecule has 1 aliphatic rings. The van der Waals surface area contributed by atoms with E-state index in [1.165, 1.54) is 0 Å². The van der Waals surface area contributed by atoms with Crippen LogP contribution >= 0.6 is 0 Å². The third-order valence-electron chi connectivity index (χ3n) is 5.47.